The molecule has 1 fully saturated rings. The Balaban J connectivity index is 1.41. The molecule has 29 heavy (non-hydrogen) atoms. The van der Waals surface area contributed by atoms with E-state index in [4.69, 9.17) is 5.26 Å². The molecule has 2 N–H and O–H groups in total. The SMILES string of the molecule is N#Cc1ccc(N2CCC(NS(=O)(=O)c3ccc4c(c3)C(=O)NCC4)CC2)cc1. The van der Waals surface area contributed by atoms with Crippen molar-refractivity contribution in [2.45, 2.75) is 30.2 Å². The Morgan fingerprint density at radius 1 is 1.10 bits per heavy atom. The van der Waals surface area contributed by atoms with Gasteiger partial charge in [0.15, 0.2) is 0 Å². The normalized spacial score (nSPS) is 17.3. The van der Waals surface area contributed by atoms with Crippen molar-refractivity contribution in [3.8, 4) is 6.07 Å². The molecule has 4 rings (SSSR count). The van der Waals surface area contributed by atoms with Gasteiger partial charge in [0.05, 0.1) is 16.5 Å². The number of benzene rings is 2. The predicted octanol–water partition coefficient (Wildman–Crippen LogP) is 1.79. The number of hydrogen-bond acceptors (Lipinski definition) is 5. The third-order valence-corrected chi connectivity index (χ3v) is 7.01. The van der Waals surface area contributed by atoms with Crippen LogP contribution >= 0.6 is 0 Å². The van der Waals surface area contributed by atoms with Gasteiger partial charge in [0.2, 0.25) is 10.0 Å². The zero-order chi connectivity index (χ0) is 20.4. The number of nitriles is 1. The summed E-state index contributed by atoms with van der Waals surface area (Å²) in [5.41, 5.74) is 2.97. The van der Waals surface area contributed by atoms with Crippen LogP contribution in [0.25, 0.3) is 0 Å². The maximum Gasteiger partial charge on any atom is 0.251 e. The molecule has 1 amide bonds. The Kier molecular flexibility index (Phi) is 5.26. The molecule has 2 aliphatic heterocycles. The van der Waals surface area contributed by atoms with E-state index in [1.165, 1.54) is 6.07 Å². The number of sulfonamides is 1. The number of nitrogens with one attached hydrogen (secondary N) is 2. The quantitative estimate of drug-likeness (QED) is 0.800. The number of anilines is 1. The number of amides is 1. The van der Waals surface area contributed by atoms with Gasteiger partial charge in [0, 0.05) is 36.9 Å². The van der Waals surface area contributed by atoms with Gasteiger partial charge in [-0.1, -0.05) is 6.07 Å². The summed E-state index contributed by atoms with van der Waals surface area (Å²) >= 11 is 0. The number of fused-ring (bicyclic) bond motifs is 1. The molecule has 0 bridgehead atoms. The molecule has 7 nitrogen and oxygen atoms in total. The topological polar surface area (TPSA) is 102 Å². The second-order valence-electron chi connectivity index (χ2n) is 7.37. The minimum Gasteiger partial charge on any atom is -0.371 e. The summed E-state index contributed by atoms with van der Waals surface area (Å²) in [6.45, 7) is 2.03. The van der Waals surface area contributed by atoms with Crippen LogP contribution in [0.5, 0.6) is 0 Å². The number of hydrogen-bond donors (Lipinski definition) is 2. The van der Waals surface area contributed by atoms with Crippen molar-refractivity contribution < 1.29 is 13.2 Å². The Hall–Kier alpha value is -2.89. The van der Waals surface area contributed by atoms with Gasteiger partial charge in [-0.3, -0.25) is 4.79 Å². The van der Waals surface area contributed by atoms with Gasteiger partial charge in [-0.2, -0.15) is 5.26 Å². The van der Waals surface area contributed by atoms with Crippen LogP contribution < -0.4 is 14.9 Å². The van der Waals surface area contributed by atoms with E-state index in [-0.39, 0.29) is 16.8 Å². The highest BCUT2D eigenvalue weighted by atomic mass is 32.2. The molecule has 2 aliphatic rings. The lowest BCUT2D eigenvalue weighted by molar-refractivity contribution is 0.0945. The first kappa shape index (κ1) is 19.4. The Labute approximate surface area is 170 Å². The average Bonchev–Trinajstić information content (AvgIpc) is 2.74. The third kappa shape index (κ3) is 4.11. The number of nitrogens with zero attached hydrogens (tertiary/aromatic N) is 2. The fraction of sp³-hybridized carbons (Fsp3) is 0.333. The second-order valence-corrected chi connectivity index (χ2v) is 9.08. The highest BCUT2D eigenvalue weighted by Crippen LogP contribution is 2.23. The van der Waals surface area contributed by atoms with Crippen molar-refractivity contribution in [3.63, 3.8) is 0 Å². The standard InChI is InChI=1S/C21H22N4O3S/c22-14-15-1-4-18(5-2-15)25-11-8-17(9-12-25)24-29(27,28)19-6-3-16-7-10-23-21(26)20(16)13-19/h1-6,13,17,24H,7-12H2,(H,23,26). The van der Waals surface area contributed by atoms with Crippen LogP contribution in [0.15, 0.2) is 47.4 Å². The zero-order valence-electron chi connectivity index (χ0n) is 15.9. The molecular formula is C21H22N4O3S. The van der Waals surface area contributed by atoms with Gasteiger partial charge in [-0.05, 0) is 61.2 Å². The molecule has 0 spiro atoms. The Morgan fingerprint density at radius 3 is 2.52 bits per heavy atom. The lowest BCUT2D eigenvalue weighted by Gasteiger charge is -2.33. The molecule has 0 unspecified atom stereocenters. The summed E-state index contributed by atoms with van der Waals surface area (Å²) in [6.07, 6.45) is 2.08. The summed E-state index contributed by atoms with van der Waals surface area (Å²) in [5, 5.41) is 11.7. The van der Waals surface area contributed by atoms with E-state index in [2.05, 4.69) is 21.0 Å². The Bertz CT molecular complexity index is 1070. The first-order chi connectivity index (χ1) is 14.0. The van der Waals surface area contributed by atoms with E-state index in [9.17, 15) is 13.2 Å². The van der Waals surface area contributed by atoms with Gasteiger partial charge < -0.3 is 10.2 Å². The molecular weight excluding hydrogens is 388 g/mol. The summed E-state index contributed by atoms with van der Waals surface area (Å²) < 4.78 is 28.4. The molecule has 0 radical (unpaired) electrons. The summed E-state index contributed by atoms with van der Waals surface area (Å²) in [5.74, 6) is -0.223. The van der Waals surface area contributed by atoms with E-state index < -0.39 is 10.0 Å². The van der Waals surface area contributed by atoms with Crippen LogP contribution in [-0.4, -0.2) is 40.0 Å². The highest BCUT2D eigenvalue weighted by molar-refractivity contribution is 7.89. The molecule has 150 valence electrons. The van der Waals surface area contributed by atoms with Crippen molar-refractivity contribution in [1.29, 1.82) is 5.26 Å². The van der Waals surface area contributed by atoms with Gasteiger partial charge >= 0.3 is 0 Å². The molecule has 0 aromatic heterocycles. The summed E-state index contributed by atoms with van der Waals surface area (Å²) in [6, 6.07) is 14.1. The molecule has 0 saturated carbocycles. The predicted molar refractivity (Wildman–Crippen MR) is 109 cm³/mol. The maximum absolute atomic E-state index is 12.8. The fourth-order valence-electron chi connectivity index (χ4n) is 3.85. The maximum atomic E-state index is 12.8. The Morgan fingerprint density at radius 2 is 1.83 bits per heavy atom. The van der Waals surface area contributed by atoms with Crippen LogP contribution in [0.1, 0.15) is 34.3 Å². The third-order valence-electron chi connectivity index (χ3n) is 5.49. The highest BCUT2D eigenvalue weighted by Gasteiger charge is 2.26. The van der Waals surface area contributed by atoms with E-state index in [1.54, 1.807) is 24.3 Å². The van der Waals surface area contributed by atoms with E-state index in [0.29, 0.717) is 36.9 Å². The van der Waals surface area contributed by atoms with Gasteiger partial charge in [0.1, 0.15) is 0 Å². The lowest BCUT2D eigenvalue weighted by Crippen LogP contribution is -2.44. The van der Waals surface area contributed by atoms with Crippen LogP contribution in [-0.2, 0) is 16.4 Å². The first-order valence-corrected chi connectivity index (χ1v) is 11.1. The second kappa shape index (κ2) is 7.85. The molecule has 2 aromatic rings. The van der Waals surface area contributed by atoms with Crippen molar-refractivity contribution in [1.82, 2.24) is 10.0 Å². The van der Waals surface area contributed by atoms with E-state index >= 15 is 0 Å². The minimum absolute atomic E-state index is 0.128. The molecule has 2 aromatic carbocycles. The number of carbonyl (C=O) groups excluding carboxylic acids is 1. The van der Waals surface area contributed by atoms with Crippen molar-refractivity contribution in [3.05, 3.63) is 59.2 Å². The lowest BCUT2D eigenvalue weighted by atomic mass is 10.0. The van der Waals surface area contributed by atoms with E-state index in [1.807, 2.05) is 12.1 Å². The number of carbonyl (C=O) groups is 1. The average molecular weight is 410 g/mol. The molecule has 1 saturated heterocycles. The summed E-state index contributed by atoms with van der Waals surface area (Å²) in [7, 11) is -3.69. The smallest absolute Gasteiger partial charge is 0.251 e. The van der Waals surface area contributed by atoms with Crippen molar-refractivity contribution in [2.24, 2.45) is 0 Å². The molecule has 0 aliphatic carbocycles. The monoisotopic (exact) mass is 410 g/mol. The van der Waals surface area contributed by atoms with Crippen LogP contribution in [0.2, 0.25) is 0 Å². The van der Waals surface area contributed by atoms with Crippen molar-refractivity contribution >= 4 is 21.6 Å². The first-order valence-electron chi connectivity index (χ1n) is 9.65. The zero-order valence-corrected chi connectivity index (χ0v) is 16.7. The van der Waals surface area contributed by atoms with Gasteiger partial charge in [-0.15, -0.1) is 0 Å². The molecule has 8 heteroatoms. The van der Waals surface area contributed by atoms with Gasteiger partial charge in [0.25, 0.3) is 5.91 Å². The van der Waals surface area contributed by atoms with Crippen molar-refractivity contribution in [2.75, 3.05) is 24.5 Å². The molecule has 2 heterocycles. The summed E-state index contributed by atoms with van der Waals surface area (Å²) in [4.78, 5) is 14.3. The number of rotatable bonds is 4. The largest absolute Gasteiger partial charge is 0.371 e. The van der Waals surface area contributed by atoms with Crippen LogP contribution in [0, 0.1) is 11.3 Å². The molecule has 0 atom stereocenters. The van der Waals surface area contributed by atoms with Gasteiger partial charge in [-0.25, -0.2) is 13.1 Å². The van der Waals surface area contributed by atoms with Crippen LogP contribution in [0.4, 0.5) is 5.69 Å². The van der Waals surface area contributed by atoms with E-state index in [0.717, 1.165) is 24.3 Å². The van der Waals surface area contributed by atoms with Crippen LogP contribution in [0.3, 0.4) is 0 Å². The fourth-order valence-corrected chi connectivity index (χ4v) is 5.18. The minimum atomic E-state index is -3.69. The number of piperidine rings is 1.